The molecule has 1 spiro atoms. The number of carbonyl (C=O) groups excluding carboxylic acids is 5. The second-order valence-corrected chi connectivity index (χ2v) is 15.9. The minimum Gasteiger partial charge on any atom is -0.387 e. The quantitative estimate of drug-likeness (QED) is 0.330. The average molecular weight is 685 g/mol. The molecule has 12 heteroatoms. The summed E-state index contributed by atoms with van der Waals surface area (Å²) < 4.78 is 5.84. The molecule has 262 valence electrons. The smallest absolute Gasteiger partial charge is 0.246 e. The fourth-order valence-corrected chi connectivity index (χ4v) is 7.58. The number of rotatable bonds is 11. The summed E-state index contributed by atoms with van der Waals surface area (Å²) >= 11 is 6.24. The van der Waals surface area contributed by atoms with Gasteiger partial charge in [-0.3, -0.25) is 24.0 Å². The third-order valence-electron chi connectivity index (χ3n) is 9.92. The van der Waals surface area contributed by atoms with E-state index in [1.54, 1.807) is 12.1 Å². The van der Waals surface area contributed by atoms with Crippen molar-refractivity contribution >= 4 is 46.6 Å². The first-order valence-corrected chi connectivity index (χ1v) is 17.5. The van der Waals surface area contributed by atoms with E-state index in [1.165, 1.54) is 11.8 Å². The maximum Gasteiger partial charge on any atom is 0.246 e. The van der Waals surface area contributed by atoms with Crippen molar-refractivity contribution in [2.24, 2.45) is 22.4 Å². The first kappa shape index (κ1) is 36.0. The van der Waals surface area contributed by atoms with E-state index in [0.29, 0.717) is 23.6 Å². The molecule has 2 saturated heterocycles. The van der Waals surface area contributed by atoms with E-state index in [9.17, 15) is 24.0 Å². The number of Topliss-reactive ketones (excluding diaryl/α,β-unsaturated/α-hetero) is 2. The van der Waals surface area contributed by atoms with Gasteiger partial charge in [-0.2, -0.15) is 0 Å². The van der Waals surface area contributed by atoms with Crippen LogP contribution < -0.4 is 10.6 Å². The summed E-state index contributed by atoms with van der Waals surface area (Å²) in [5, 5.41) is 10.7. The largest absolute Gasteiger partial charge is 0.387 e. The van der Waals surface area contributed by atoms with Crippen molar-refractivity contribution in [2.45, 2.75) is 129 Å². The summed E-state index contributed by atoms with van der Waals surface area (Å²) in [6.45, 7) is 10.9. The van der Waals surface area contributed by atoms with Crippen LogP contribution in [0.25, 0.3) is 0 Å². The lowest BCUT2D eigenvalue weighted by Gasteiger charge is -2.36. The molecular formula is C36H49ClN4O7. The van der Waals surface area contributed by atoms with Crippen LogP contribution in [-0.2, 0) is 33.5 Å². The predicted octanol–water partition coefficient (Wildman–Crippen LogP) is 4.37. The maximum absolute atomic E-state index is 14.6. The molecule has 11 nitrogen and oxygen atoms in total. The Morgan fingerprint density at radius 1 is 1.06 bits per heavy atom. The third-order valence-corrected chi connectivity index (χ3v) is 10.2. The van der Waals surface area contributed by atoms with Crippen molar-refractivity contribution in [1.82, 2.24) is 15.5 Å². The number of carbonyl (C=O) groups is 5. The molecule has 2 N–H and O–H groups in total. The van der Waals surface area contributed by atoms with Crippen molar-refractivity contribution in [1.29, 1.82) is 0 Å². The number of halogens is 1. The number of hydrogen-bond donors (Lipinski definition) is 2. The van der Waals surface area contributed by atoms with Gasteiger partial charge in [0.15, 0.2) is 11.4 Å². The van der Waals surface area contributed by atoms with Crippen LogP contribution in [0, 0.1) is 17.3 Å². The first-order valence-electron chi connectivity index (χ1n) is 17.1. The number of nitrogens with one attached hydrogen (secondary N) is 2. The molecule has 1 saturated carbocycles. The van der Waals surface area contributed by atoms with Crippen molar-refractivity contribution in [3.8, 4) is 0 Å². The molecule has 1 unspecified atom stereocenters. The molecular weight excluding hydrogens is 636 g/mol. The van der Waals surface area contributed by atoms with Crippen molar-refractivity contribution < 1.29 is 33.5 Å². The zero-order valence-electron chi connectivity index (χ0n) is 28.8. The molecule has 0 bridgehead atoms. The normalized spacial score (nSPS) is 28.3. The Hall–Kier alpha value is -3.31. The van der Waals surface area contributed by atoms with E-state index < -0.39 is 52.5 Å². The Balaban J connectivity index is 1.39. The van der Waals surface area contributed by atoms with Crippen LogP contribution in [0.5, 0.6) is 0 Å². The van der Waals surface area contributed by atoms with Crippen LogP contribution >= 0.6 is 11.6 Å². The average Bonchev–Trinajstić information content (AvgIpc) is 3.59. The van der Waals surface area contributed by atoms with Gasteiger partial charge in [0, 0.05) is 36.8 Å². The highest BCUT2D eigenvalue weighted by molar-refractivity contribution is 6.38. The lowest BCUT2D eigenvalue weighted by Crippen LogP contribution is -2.59. The summed E-state index contributed by atoms with van der Waals surface area (Å²) in [5.41, 5.74) is -0.284. The summed E-state index contributed by atoms with van der Waals surface area (Å²) in [4.78, 5) is 74.6. The van der Waals surface area contributed by atoms with Crippen molar-refractivity contribution in [2.75, 3.05) is 6.54 Å². The molecule has 5 rings (SSSR count). The molecule has 4 aliphatic rings. The number of benzene rings is 1. The highest BCUT2D eigenvalue weighted by Gasteiger charge is 2.56. The van der Waals surface area contributed by atoms with Crippen molar-refractivity contribution in [3.63, 3.8) is 0 Å². The van der Waals surface area contributed by atoms with Gasteiger partial charge in [0.05, 0.1) is 30.5 Å². The van der Waals surface area contributed by atoms with Gasteiger partial charge in [0.2, 0.25) is 23.5 Å². The minimum atomic E-state index is -1.02. The highest BCUT2D eigenvalue weighted by atomic mass is 35.5. The number of oxime groups is 1. The van der Waals surface area contributed by atoms with E-state index in [-0.39, 0.29) is 49.3 Å². The van der Waals surface area contributed by atoms with E-state index >= 15 is 0 Å². The van der Waals surface area contributed by atoms with Crippen LogP contribution in [-0.4, -0.2) is 82.4 Å². The van der Waals surface area contributed by atoms with Gasteiger partial charge in [-0.15, -0.1) is 0 Å². The molecule has 1 aromatic carbocycles. The van der Waals surface area contributed by atoms with Gasteiger partial charge in [0.1, 0.15) is 12.1 Å². The van der Waals surface area contributed by atoms with E-state index in [2.05, 4.69) is 15.8 Å². The molecule has 3 fully saturated rings. The molecule has 7 atom stereocenters. The minimum absolute atomic E-state index is 0.0445. The zero-order valence-corrected chi connectivity index (χ0v) is 29.6. The molecule has 1 aromatic rings. The molecule has 3 amide bonds. The summed E-state index contributed by atoms with van der Waals surface area (Å²) in [6.07, 6.45) is 4.57. The molecule has 3 aliphatic heterocycles. The van der Waals surface area contributed by atoms with E-state index in [0.717, 1.165) is 31.2 Å². The Kier molecular flexibility index (Phi) is 10.7. The lowest BCUT2D eigenvalue weighted by molar-refractivity contribution is -0.145. The van der Waals surface area contributed by atoms with Gasteiger partial charge < -0.3 is 25.1 Å². The maximum atomic E-state index is 14.6. The van der Waals surface area contributed by atoms with Crippen LogP contribution in [0.4, 0.5) is 0 Å². The predicted molar refractivity (Wildman–Crippen MR) is 180 cm³/mol. The molecule has 1 aliphatic carbocycles. The number of ketones is 2. The fraction of sp³-hybridized carbons (Fsp3) is 0.667. The number of ether oxygens (including phenoxy) is 1. The van der Waals surface area contributed by atoms with E-state index in [4.69, 9.17) is 21.2 Å². The Morgan fingerprint density at radius 3 is 2.35 bits per heavy atom. The van der Waals surface area contributed by atoms with Crippen LogP contribution in [0.3, 0.4) is 0 Å². The number of hydrogen-bond acceptors (Lipinski definition) is 8. The van der Waals surface area contributed by atoms with Gasteiger partial charge in [-0.25, -0.2) is 0 Å². The third kappa shape index (κ3) is 8.64. The first-order chi connectivity index (χ1) is 22.5. The summed E-state index contributed by atoms with van der Waals surface area (Å²) in [6, 6.07) is 4.30. The summed E-state index contributed by atoms with van der Waals surface area (Å²) in [5.74, 6) is -2.07. The van der Waals surface area contributed by atoms with Gasteiger partial charge in [0.25, 0.3) is 0 Å². The summed E-state index contributed by atoms with van der Waals surface area (Å²) in [7, 11) is 0. The standard InChI is InChI=1S/C36H49ClN4O7/c1-20-12-24(13-21(2)47-20)15-30(43)39-32(35(4,5)6)34(46)41-19-36(17-28(40-48-36)25-8-7-9-26(37)16-25)18-29(41)33(45)38-27(14-23-10-11-23)31(44)22(3)42/h7-9,16,20-21,23-24,27,29,32H,10-15,17-19H2,1-6H3,(H,38,45)(H,39,43)/t20-,21+,24?,27-,29-,32+,36+/m0/s1. The Labute approximate surface area is 287 Å². The van der Waals surface area contributed by atoms with E-state index in [1.807, 2.05) is 46.8 Å². The van der Waals surface area contributed by atoms with Crippen LogP contribution in [0.2, 0.25) is 5.02 Å². The zero-order chi connectivity index (χ0) is 35.0. The number of likely N-dealkylation sites (tertiary alicyclic amines) is 1. The Morgan fingerprint density at radius 2 is 1.75 bits per heavy atom. The topological polar surface area (TPSA) is 143 Å². The Bertz CT molecular complexity index is 1460. The SMILES string of the molecule is CC(=O)C(=O)[C@H](CC1CC1)NC(=O)[C@@H]1C[C@]2(CC(c3cccc(Cl)c3)=NO2)CN1C(=O)[C@@H](NC(=O)CC1C[C@@H](C)O[C@@H](C)C1)C(C)(C)C. The number of nitrogens with zero attached hydrogens (tertiary/aromatic N) is 2. The van der Waals surface area contributed by atoms with Crippen LogP contribution in [0.15, 0.2) is 29.4 Å². The van der Waals surface area contributed by atoms with Crippen molar-refractivity contribution in [3.05, 3.63) is 34.9 Å². The van der Waals surface area contributed by atoms with Crippen LogP contribution in [0.1, 0.15) is 98.5 Å². The second kappa shape index (κ2) is 14.3. The fourth-order valence-electron chi connectivity index (χ4n) is 7.39. The van der Waals surface area contributed by atoms with Gasteiger partial charge >= 0.3 is 0 Å². The number of amides is 3. The van der Waals surface area contributed by atoms with Gasteiger partial charge in [-0.05, 0) is 62.5 Å². The molecule has 0 radical (unpaired) electrons. The monoisotopic (exact) mass is 684 g/mol. The molecule has 0 aromatic heterocycles. The highest BCUT2D eigenvalue weighted by Crippen LogP contribution is 2.41. The molecule has 48 heavy (non-hydrogen) atoms. The van der Waals surface area contributed by atoms with Gasteiger partial charge in [-0.1, -0.05) is 62.5 Å². The molecule has 3 heterocycles. The lowest BCUT2D eigenvalue weighted by atomic mass is 9.84. The second-order valence-electron chi connectivity index (χ2n) is 15.5.